The van der Waals surface area contributed by atoms with E-state index >= 15 is 0 Å². The first kappa shape index (κ1) is 14.4. The van der Waals surface area contributed by atoms with Crippen LogP contribution in [0.2, 0.25) is 0 Å². The summed E-state index contributed by atoms with van der Waals surface area (Å²) in [5.41, 5.74) is 7.88. The maximum absolute atomic E-state index is 6.00. The van der Waals surface area contributed by atoms with Crippen LogP contribution in [0.15, 0.2) is 24.3 Å². The highest BCUT2D eigenvalue weighted by Crippen LogP contribution is 2.33. The van der Waals surface area contributed by atoms with Crippen LogP contribution in [0.4, 0.5) is 0 Å². The van der Waals surface area contributed by atoms with E-state index in [1.807, 2.05) is 45.2 Å². The van der Waals surface area contributed by atoms with Crippen LogP contribution in [-0.2, 0) is 13.5 Å². The average Bonchev–Trinajstić information content (AvgIpc) is 2.66. The van der Waals surface area contributed by atoms with Crippen LogP contribution >= 0.6 is 0 Å². The van der Waals surface area contributed by atoms with Gasteiger partial charge in [0.2, 0.25) is 5.88 Å². The summed E-state index contributed by atoms with van der Waals surface area (Å²) in [5.74, 6) is 2.08. The van der Waals surface area contributed by atoms with Crippen molar-refractivity contribution in [2.45, 2.75) is 26.3 Å². The van der Waals surface area contributed by atoms with Gasteiger partial charge in [-0.2, -0.15) is 5.10 Å². The Balaban J connectivity index is 2.38. The molecular formula is C15H21N3O2. The van der Waals surface area contributed by atoms with Gasteiger partial charge in [0.05, 0.1) is 12.8 Å². The second-order valence-electron chi connectivity index (χ2n) is 4.93. The molecule has 0 bridgehead atoms. The molecule has 0 saturated heterocycles. The number of rotatable bonds is 5. The molecule has 1 atom stereocenters. The SMILES string of the molecule is COc1ccccc1Oc1c(CC(C)N)c(C)nn1C. The Kier molecular flexibility index (Phi) is 4.29. The van der Waals surface area contributed by atoms with Crippen molar-refractivity contribution in [1.29, 1.82) is 0 Å². The second kappa shape index (κ2) is 5.96. The zero-order chi connectivity index (χ0) is 14.7. The zero-order valence-corrected chi connectivity index (χ0v) is 12.4. The molecule has 2 rings (SSSR count). The lowest BCUT2D eigenvalue weighted by Crippen LogP contribution is -2.18. The maximum atomic E-state index is 6.00. The Morgan fingerprint density at radius 1 is 1.30 bits per heavy atom. The van der Waals surface area contributed by atoms with E-state index in [9.17, 15) is 0 Å². The van der Waals surface area contributed by atoms with Gasteiger partial charge in [0.25, 0.3) is 0 Å². The fraction of sp³-hybridized carbons (Fsp3) is 0.400. The molecule has 5 heteroatoms. The summed E-state index contributed by atoms with van der Waals surface area (Å²) in [7, 11) is 3.49. The van der Waals surface area contributed by atoms with Gasteiger partial charge < -0.3 is 15.2 Å². The summed E-state index contributed by atoms with van der Waals surface area (Å²) in [6, 6.07) is 7.61. The van der Waals surface area contributed by atoms with E-state index in [2.05, 4.69) is 5.10 Å². The summed E-state index contributed by atoms with van der Waals surface area (Å²) in [5, 5.41) is 4.41. The Bertz CT molecular complexity index is 591. The highest BCUT2D eigenvalue weighted by molar-refractivity contribution is 5.43. The Morgan fingerprint density at radius 3 is 2.55 bits per heavy atom. The lowest BCUT2D eigenvalue weighted by atomic mass is 10.1. The molecule has 0 aliphatic heterocycles. The fourth-order valence-corrected chi connectivity index (χ4v) is 2.17. The van der Waals surface area contributed by atoms with Gasteiger partial charge in [-0.1, -0.05) is 12.1 Å². The van der Waals surface area contributed by atoms with Crippen molar-refractivity contribution in [3.05, 3.63) is 35.5 Å². The third-order valence-electron chi connectivity index (χ3n) is 3.09. The normalized spacial score (nSPS) is 12.2. The van der Waals surface area contributed by atoms with Crippen LogP contribution in [0.5, 0.6) is 17.4 Å². The molecule has 1 unspecified atom stereocenters. The maximum Gasteiger partial charge on any atom is 0.221 e. The third-order valence-corrected chi connectivity index (χ3v) is 3.09. The number of benzene rings is 1. The second-order valence-corrected chi connectivity index (χ2v) is 4.93. The van der Waals surface area contributed by atoms with Crippen LogP contribution in [0.3, 0.4) is 0 Å². The standard InChI is InChI=1S/C15H21N3O2/c1-10(16)9-12-11(2)17-18(3)15(12)20-14-8-6-5-7-13(14)19-4/h5-8,10H,9,16H2,1-4H3. The topological polar surface area (TPSA) is 62.3 Å². The van der Waals surface area contributed by atoms with Crippen molar-refractivity contribution in [2.75, 3.05) is 7.11 Å². The van der Waals surface area contributed by atoms with E-state index in [0.717, 1.165) is 17.7 Å². The quantitative estimate of drug-likeness (QED) is 0.910. The largest absolute Gasteiger partial charge is 0.493 e. The number of para-hydroxylation sites is 2. The van der Waals surface area contributed by atoms with Crippen LogP contribution in [0, 0.1) is 6.92 Å². The van der Waals surface area contributed by atoms with E-state index in [-0.39, 0.29) is 6.04 Å². The Labute approximate surface area is 119 Å². The van der Waals surface area contributed by atoms with E-state index in [1.54, 1.807) is 11.8 Å². The Hall–Kier alpha value is -2.01. The summed E-state index contributed by atoms with van der Waals surface area (Å²) in [4.78, 5) is 0. The number of aryl methyl sites for hydroxylation is 2. The summed E-state index contributed by atoms with van der Waals surface area (Å²) in [6.07, 6.45) is 0.726. The molecule has 108 valence electrons. The molecule has 2 aromatic rings. The highest BCUT2D eigenvalue weighted by atomic mass is 16.5. The van der Waals surface area contributed by atoms with Crippen molar-refractivity contribution in [3.8, 4) is 17.4 Å². The van der Waals surface area contributed by atoms with Gasteiger partial charge in [-0.05, 0) is 32.4 Å². The fourth-order valence-electron chi connectivity index (χ4n) is 2.17. The molecule has 0 spiro atoms. The smallest absolute Gasteiger partial charge is 0.221 e. The van der Waals surface area contributed by atoms with Gasteiger partial charge in [0.1, 0.15) is 0 Å². The first-order valence-electron chi connectivity index (χ1n) is 6.61. The third kappa shape index (κ3) is 2.93. The van der Waals surface area contributed by atoms with Crippen LogP contribution in [0.25, 0.3) is 0 Å². The number of methoxy groups -OCH3 is 1. The number of nitrogens with two attached hydrogens (primary N) is 1. The monoisotopic (exact) mass is 275 g/mol. The minimum Gasteiger partial charge on any atom is -0.493 e. The number of ether oxygens (including phenoxy) is 2. The average molecular weight is 275 g/mol. The minimum absolute atomic E-state index is 0.0536. The Morgan fingerprint density at radius 2 is 1.95 bits per heavy atom. The number of hydrogen-bond donors (Lipinski definition) is 1. The summed E-state index contributed by atoms with van der Waals surface area (Å²) in [6.45, 7) is 3.94. The first-order chi connectivity index (χ1) is 9.52. The molecular weight excluding hydrogens is 254 g/mol. The van der Waals surface area contributed by atoms with Gasteiger partial charge in [0, 0.05) is 18.7 Å². The molecule has 0 radical (unpaired) electrons. The molecule has 2 N–H and O–H groups in total. The lowest BCUT2D eigenvalue weighted by molar-refractivity contribution is 0.363. The van der Waals surface area contributed by atoms with Crippen molar-refractivity contribution in [2.24, 2.45) is 12.8 Å². The summed E-state index contributed by atoms with van der Waals surface area (Å²) < 4.78 is 13.0. The predicted octanol–water partition coefficient (Wildman–Crippen LogP) is 2.42. The van der Waals surface area contributed by atoms with Gasteiger partial charge in [-0.25, -0.2) is 4.68 Å². The van der Waals surface area contributed by atoms with E-state index < -0.39 is 0 Å². The van der Waals surface area contributed by atoms with Gasteiger partial charge in [0.15, 0.2) is 11.5 Å². The zero-order valence-electron chi connectivity index (χ0n) is 12.4. The highest BCUT2D eigenvalue weighted by Gasteiger charge is 2.18. The molecule has 5 nitrogen and oxygen atoms in total. The lowest BCUT2D eigenvalue weighted by Gasteiger charge is -2.12. The van der Waals surface area contributed by atoms with Crippen molar-refractivity contribution >= 4 is 0 Å². The molecule has 0 amide bonds. The molecule has 20 heavy (non-hydrogen) atoms. The minimum atomic E-state index is 0.0536. The van der Waals surface area contributed by atoms with Gasteiger partial charge in [-0.3, -0.25) is 0 Å². The molecule has 1 aromatic carbocycles. The molecule has 0 fully saturated rings. The van der Waals surface area contributed by atoms with Crippen LogP contribution < -0.4 is 15.2 Å². The molecule has 1 aromatic heterocycles. The predicted molar refractivity (Wildman–Crippen MR) is 78.4 cm³/mol. The molecule has 1 heterocycles. The van der Waals surface area contributed by atoms with Crippen LogP contribution in [0.1, 0.15) is 18.2 Å². The van der Waals surface area contributed by atoms with E-state index in [0.29, 0.717) is 17.4 Å². The molecule has 0 saturated carbocycles. The van der Waals surface area contributed by atoms with E-state index in [4.69, 9.17) is 15.2 Å². The van der Waals surface area contributed by atoms with Crippen molar-refractivity contribution < 1.29 is 9.47 Å². The number of aromatic nitrogens is 2. The van der Waals surface area contributed by atoms with Gasteiger partial charge >= 0.3 is 0 Å². The van der Waals surface area contributed by atoms with Crippen LogP contribution in [-0.4, -0.2) is 22.9 Å². The van der Waals surface area contributed by atoms with Crippen molar-refractivity contribution in [1.82, 2.24) is 9.78 Å². The van der Waals surface area contributed by atoms with E-state index in [1.165, 1.54) is 0 Å². The molecule has 0 aliphatic rings. The van der Waals surface area contributed by atoms with Crippen molar-refractivity contribution in [3.63, 3.8) is 0 Å². The number of nitrogens with zero attached hydrogens (tertiary/aromatic N) is 2. The van der Waals surface area contributed by atoms with Gasteiger partial charge in [-0.15, -0.1) is 0 Å². The summed E-state index contributed by atoms with van der Waals surface area (Å²) >= 11 is 0. The number of hydrogen-bond acceptors (Lipinski definition) is 4. The molecule has 0 aliphatic carbocycles. The first-order valence-corrected chi connectivity index (χ1v) is 6.61.